The molecule has 1 aliphatic rings. The van der Waals surface area contributed by atoms with Crippen LogP contribution in [-0.4, -0.2) is 41.6 Å². The minimum absolute atomic E-state index is 0.122. The highest BCUT2D eigenvalue weighted by Gasteiger charge is 2.29. The Balaban J connectivity index is 1.62. The molecule has 20 heavy (non-hydrogen) atoms. The largest absolute Gasteiger partial charge is 0.465 e. The lowest BCUT2D eigenvalue weighted by molar-refractivity contribution is -0.116. The van der Waals surface area contributed by atoms with Crippen LogP contribution in [0, 0.1) is 5.92 Å². The maximum atomic E-state index is 11.6. The van der Waals surface area contributed by atoms with Crippen LogP contribution < -0.4 is 5.32 Å². The van der Waals surface area contributed by atoms with Crippen LogP contribution in [-0.2, 0) is 4.79 Å². The molecule has 0 bridgehead atoms. The quantitative estimate of drug-likeness (QED) is 0.805. The fourth-order valence-corrected chi connectivity index (χ4v) is 2.10. The van der Waals surface area contributed by atoms with E-state index in [-0.39, 0.29) is 5.91 Å². The van der Waals surface area contributed by atoms with Gasteiger partial charge < -0.3 is 15.3 Å². The molecule has 1 aliphatic heterocycles. The number of amides is 2. The monoisotopic (exact) mass is 274 g/mol. The van der Waals surface area contributed by atoms with E-state index < -0.39 is 6.09 Å². The lowest BCUT2D eigenvalue weighted by Crippen LogP contribution is -2.50. The SMILES string of the molecule is O=C(C=Cc1ccccc1)NCCC1CN(C(=O)O)C1. The first-order valence-electron chi connectivity index (χ1n) is 6.64. The first kappa shape index (κ1) is 14.1. The van der Waals surface area contributed by atoms with Crippen molar-refractivity contribution in [3.8, 4) is 0 Å². The normalized spacial score (nSPS) is 15.1. The fourth-order valence-electron chi connectivity index (χ4n) is 2.10. The number of hydrogen-bond acceptors (Lipinski definition) is 2. The van der Waals surface area contributed by atoms with E-state index in [9.17, 15) is 9.59 Å². The first-order valence-corrected chi connectivity index (χ1v) is 6.64. The van der Waals surface area contributed by atoms with Crippen LogP contribution in [0.4, 0.5) is 4.79 Å². The molecule has 0 aliphatic carbocycles. The molecule has 1 aromatic carbocycles. The predicted octanol–water partition coefficient (Wildman–Crippen LogP) is 1.82. The van der Waals surface area contributed by atoms with Crippen molar-refractivity contribution in [2.24, 2.45) is 5.92 Å². The summed E-state index contributed by atoms with van der Waals surface area (Å²) >= 11 is 0. The number of carbonyl (C=O) groups excluding carboxylic acids is 1. The zero-order valence-corrected chi connectivity index (χ0v) is 11.2. The van der Waals surface area contributed by atoms with Crippen molar-refractivity contribution < 1.29 is 14.7 Å². The van der Waals surface area contributed by atoms with Crippen LogP contribution in [0.3, 0.4) is 0 Å². The van der Waals surface area contributed by atoms with Gasteiger partial charge in [0.15, 0.2) is 0 Å². The van der Waals surface area contributed by atoms with Crippen molar-refractivity contribution in [1.82, 2.24) is 10.2 Å². The van der Waals surface area contributed by atoms with Gasteiger partial charge in [-0.2, -0.15) is 0 Å². The number of likely N-dealkylation sites (tertiary alicyclic amines) is 1. The molecule has 0 aromatic heterocycles. The average molecular weight is 274 g/mol. The van der Waals surface area contributed by atoms with Crippen molar-refractivity contribution in [2.45, 2.75) is 6.42 Å². The van der Waals surface area contributed by atoms with E-state index in [0.717, 1.165) is 12.0 Å². The number of rotatable bonds is 5. The number of nitrogens with one attached hydrogen (secondary N) is 1. The zero-order valence-electron chi connectivity index (χ0n) is 11.2. The van der Waals surface area contributed by atoms with E-state index >= 15 is 0 Å². The Kier molecular flexibility index (Phi) is 4.76. The Labute approximate surface area is 117 Å². The maximum absolute atomic E-state index is 11.6. The molecule has 1 aromatic rings. The molecule has 0 saturated carbocycles. The number of carbonyl (C=O) groups is 2. The van der Waals surface area contributed by atoms with Crippen molar-refractivity contribution in [3.63, 3.8) is 0 Å². The second-order valence-corrected chi connectivity index (χ2v) is 4.88. The van der Waals surface area contributed by atoms with Gasteiger partial charge in [-0.15, -0.1) is 0 Å². The third-order valence-electron chi connectivity index (χ3n) is 3.31. The van der Waals surface area contributed by atoms with Gasteiger partial charge in [-0.25, -0.2) is 4.79 Å². The highest BCUT2D eigenvalue weighted by atomic mass is 16.4. The van der Waals surface area contributed by atoms with Gasteiger partial charge in [0.25, 0.3) is 0 Å². The molecule has 0 radical (unpaired) electrons. The van der Waals surface area contributed by atoms with Crippen LogP contribution >= 0.6 is 0 Å². The van der Waals surface area contributed by atoms with Gasteiger partial charge in [0.1, 0.15) is 0 Å². The lowest BCUT2D eigenvalue weighted by Gasteiger charge is -2.37. The number of benzene rings is 1. The van der Waals surface area contributed by atoms with Crippen LogP contribution in [0.15, 0.2) is 36.4 Å². The van der Waals surface area contributed by atoms with Crippen molar-refractivity contribution in [2.75, 3.05) is 19.6 Å². The van der Waals surface area contributed by atoms with E-state index in [2.05, 4.69) is 5.32 Å². The Hall–Kier alpha value is -2.30. The van der Waals surface area contributed by atoms with Gasteiger partial charge in [0.2, 0.25) is 5.91 Å². The van der Waals surface area contributed by atoms with Gasteiger partial charge in [0, 0.05) is 25.7 Å². The lowest BCUT2D eigenvalue weighted by atomic mass is 9.97. The minimum Gasteiger partial charge on any atom is -0.465 e. The van der Waals surface area contributed by atoms with Gasteiger partial charge >= 0.3 is 6.09 Å². The van der Waals surface area contributed by atoms with Gasteiger partial charge in [-0.1, -0.05) is 30.3 Å². The van der Waals surface area contributed by atoms with Crippen LogP contribution in [0.1, 0.15) is 12.0 Å². The highest BCUT2D eigenvalue weighted by Crippen LogP contribution is 2.18. The van der Waals surface area contributed by atoms with Crippen LogP contribution in [0.2, 0.25) is 0 Å². The summed E-state index contributed by atoms with van der Waals surface area (Å²) in [6.07, 6.45) is 3.23. The van der Waals surface area contributed by atoms with Gasteiger partial charge in [-0.05, 0) is 24.0 Å². The molecule has 106 valence electrons. The first-order chi connectivity index (χ1) is 9.65. The number of hydrogen-bond donors (Lipinski definition) is 2. The molecule has 2 rings (SSSR count). The number of carboxylic acid groups (broad SMARTS) is 1. The molecular weight excluding hydrogens is 256 g/mol. The summed E-state index contributed by atoms with van der Waals surface area (Å²) in [6, 6.07) is 9.62. The van der Waals surface area contributed by atoms with Crippen LogP contribution in [0.25, 0.3) is 6.08 Å². The molecule has 1 saturated heterocycles. The predicted molar refractivity (Wildman–Crippen MR) is 76.2 cm³/mol. The molecule has 5 nitrogen and oxygen atoms in total. The zero-order chi connectivity index (χ0) is 14.4. The molecule has 0 unspecified atom stereocenters. The van der Waals surface area contributed by atoms with E-state index in [0.29, 0.717) is 25.6 Å². The molecule has 5 heteroatoms. The molecule has 2 amide bonds. The Morgan fingerprint density at radius 1 is 1.30 bits per heavy atom. The molecule has 1 heterocycles. The van der Waals surface area contributed by atoms with Crippen molar-refractivity contribution in [1.29, 1.82) is 0 Å². The van der Waals surface area contributed by atoms with Crippen LogP contribution in [0.5, 0.6) is 0 Å². The molecule has 0 spiro atoms. The van der Waals surface area contributed by atoms with E-state index in [4.69, 9.17) is 5.11 Å². The number of nitrogens with zero attached hydrogens (tertiary/aromatic N) is 1. The Bertz CT molecular complexity index is 493. The Morgan fingerprint density at radius 2 is 2.00 bits per heavy atom. The summed E-state index contributed by atoms with van der Waals surface area (Å²) < 4.78 is 0. The fraction of sp³-hybridized carbons (Fsp3) is 0.333. The smallest absolute Gasteiger partial charge is 0.407 e. The van der Waals surface area contributed by atoms with E-state index in [1.165, 1.54) is 11.0 Å². The minimum atomic E-state index is -0.865. The topological polar surface area (TPSA) is 69.6 Å². The van der Waals surface area contributed by atoms with Gasteiger partial charge in [0.05, 0.1) is 0 Å². The van der Waals surface area contributed by atoms with E-state index in [1.807, 2.05) is 30.3 Å². The standard InChI is InChI=1S/C15H18N2O3/c18-14(7-6-12-4-2-1-3-5-12)16-9-8-13-10-17(11-13)15(19)20/h1-7,13H,8-11H2,(H,16,18)(H,19,20). The summed E-state index contributed by atoms with van der Waals surface area (Å²) in [6.45, 7) is 1.73. The van der Waals surface area contributed by atoms with Crippen molar-refractivity contribution in [3.05, 3.63) is 42.0 Å². The molecular formula is C15H18N2O3. The highest BCUT2D eigenvalue weighted by molar-refractivity contribution is 5.91. The summed E-state index contributed by atoms with van der Waals surface area (Å²) in [5.41, 5.74) is 0.985. The summed E-state index contributed by atoms with van der Waals surface area (Å²) in [5, 5.41) is 11.5. The second-order valence-electron chi connectivity index (χ2n) is 4.88. The van der Waals surface area contributed by atoms with Crippen molar-refractivity contribution >= 4 is 18.1 Å². The van der Waals surface area contributed by atoms with E-state index in [1.54, 1.807) is 6.08 Å². The maximum Gasteiger partial charge on any atom is 0.407 e. The molecule has 0 atom stereocenters. The molecule has 2 N–H and O–H groups in total. The third kappa shape index (κ3) is 4.12. The summed E-state index contributed by atoms with van der Waals surface area (Å²) in [5.74, 6) is 0.243. The summed E-state index contributed by atoms with van der Waals surface area (Å²) in [7, 11) is 0. The molecule has 1 fully saturated rings. The average Bonchev–Trinajstić information content (AvgIpc) is 2.39. The third-order valence-corrected chi connectivity index (χ3v) is 3.31. The Morgan fingerprint density at radius 3 is 2.65 bits per heavy atom. The van der Waals surface area contributed by atoms with Gasteiger partial charge in [-0.3, -0.25) is 4.79 Å². The summed E-state index contributed by atoms with van der Waals surface area (Å²) in [4.78, 5) is 23.5. The second kappa shape index (κ2) is 6.75.